The van der Waals surface area contributed by atoms with Crippen LogP contribution in [-0.2, 0) is 9.84 Å². The number of hydrogen-bond donors (Lipinski definition) is 1. The molecule has 1 N–H and O–H groups in total. The van der Waals surface area contributed by atoms with Crippen molar-refractivity contribution in [2.45, 2.75) is 45.6 Å². The molecule has 1 aliphatic rings. The standard InChI is InChI=1S/C11H22O3S/c1-3-15(13,14)8-4-5-10-6-7-11(12)9(10)2/h9-12H,3-8H2,1-2H3. The monoisotopic (exact) mass is 234 g/mol. The van der Waals surface area contributed by atoms with Gasteiger partial charge in [0.2, 0.25) is 0 Å². The van der Waals surface area contributed by atoms with E-state index in [-0.39, 0.29) is 11.9 Å². The Morgan fingerprint density at radius 2 is 2.00 bits per heavy atom. The molecular weight excluding hydrogens is 212 g/mol. The first-order valence-electron chi connectivity index (χ1n) is 5.84. The van der Waals surface area contributed by atoms with Gasteiger partial charge in [0.25, 0.3) is 0 Å². The Bertz CT molecular complexity index is 284. The molecule has 0 aromatic rings. The van der Waals surface area contributed by atoms with Crippen molar-refractivity contribution in [3.05, 3.63) is 0 Å². The molecule has 1 aliphatic carbocycles. The third-order valence-electron chi connectivity index (χ3n) is 3.65. The summed E-state index contributed by atoms with van der Waals surface area (Å²) in [4.78, 5) is 0. The molecule has 0 radical (unpaired) electrons. The highest BCUT2D eigenvalue weighted by Gasteiger charge is 2.30. The maximum Gasteiger partial charge on any atom is 0.150 e. The molecule has 0 aliphatic heterocycles. The topological polar surface area (TPSA) is 54.4 Å². The molecule has 1 saturated carbocycles. The average Bonchev–Trinajstić information content (AvgIpc) is 2.49. The fourth-order valence-corrected chi connectivity index (χ4v) is 3.24. The molecule has 0 heterocycles. The Labute approximate surface area is 92.8 Å². The van der Waals surface area contributed by atoms with E-state index in [4.69, 9.17) is 0 Å². The Balaban J connectivity index is 2.27. The Hall–Kier alpha value is -0.0900. The average molecular weight is 234 g/mol. The van der Waals surface area contributed by atoms with Crippen LogP contribution in [-0.4, -0.2) is 31.1 Å². The second-order valence-electron chi connectivity index (χ2n) is 4.64. The van der Waals surface area contributed by atoms with E-state index in [0.29, 0.717) is 17.6 Å². The van der Waals surface area contributed by atoms with Gasteiger partial charge in [0, 0.05) is 5.75 Å². The van der Waals surface area contributed by atoms with Crippen LogP contribution < -0.4 is 0 Å². The van der Waals surface area contributed by atoms with Crippen LogP contribution in [0.2, 0.25) is 0 Å². The number of aliphatic hydroxyl groups is 1. The molecule has 4 heteroatoms. The molecule has 0 bridgehead atoms. The van der Waals surface area contributed by atoms with Crippen LogP contribution in [0.15, 0.2) is 0 Å². The highest BCUT2D eigenvalue weighted by atomic mass is 32.2. The lowest BCUT2D eigenvalue weighted by molar-refractivity contribution is 0.126. The molecule has 1 fully saturated rings. The van der Waals surface area contributed by atoms with Crippen LogP contribution in [0, 0.1) is 11.8 Å². The van der Waals surface area contributed by atoms with E-state index >= 15 is 0 Å². The fraction of sp³-hybridized carbons (Fsp3) is 1.00. The van der Waals surface area contributed by atoms with Gasteiger partial charge in [0.15, 0.2) is 0 Å². The second kappa shape index (κ2) is 5.30. The summed E-state index contributed by atoms with van der Waals surface area (Å²) in [6.45, 7) is 3.76. The van der Waals surface area contributed by atoms with Gasteiger partial charge in [-0.15, -0.1) is 0 Å². The summed E-state index contributed by atoms with van der Waals surface area (Å²) >= 11 is 0. The molecule has 1 rings (SSSR count). The van der Waals surface area contributed by atoms with Gasteiger partial charge in [-0.2, -0.15) is 0 Å². The van der Waals surface area contributed by atoms with E-state index in [0.717, 1.165) is 25.7 Å². The zero-order valence-corrected chi connectivity index (χ0v) is 10.5. The molecule has 0 aromatic carbocycles. The Morgan fingerprint density at radius 3 is 2.47 bits per heavy atom. The van der Waals surface area contributed by atoms with Crippen molar-refractivity contribution in [1.29, 1.82) is 0 Å². The number of aliphatic hydroxyl groups excluding tert-OH is 1. The van der Waals surface area contributed by atoms with Gasteiger partial charge in [-0.05, 0) is 37.5 Å². The van der Waals surface area contributed by atoms with Crippen LogP contribution in [0.3, 0.4) is 0 Å². The highest BCUT2D eigenvalue weighted by molar-refractivity contribution is 7.91. The first-order chi connectivity index (χ1) is 6.96. The number of sulfone groups is 1. The largest absolute Gasteiger partial charge is 0.393 e. The van der Waals surface area contributed by atoms with Crippen molar-refractivity contribution in [2.75, 3.05) is 11.5 Å². The second-order valence-corrected chi connectivity index (χ2v) is 7.12. The van der Waals surface area contributed by atoms with Crippen molar-refractivity contribution in [3.63, 3.8) is 0 Å². The molecule has 3 atom stereocenters. The van der Waals surface area contributed by atoms with Crippen molar-refractivity contribution in [3.8, 4) is 0 Å². The van der Waals surface area contributed by atoms with Crippen LogP contribution >= 0.6 is 0 Å². The van der Waals surface area contributed by atoms with Gasteiger partial charge < -0.3 is 5.11 Å². The maximum atomic E-state index is 11.3. The van der Waals surface area contributed by atoms with E-state index in [1.165, 1.54) is 0 Å². The predicted molar refractivity (Wildman–Crippen MR) is 61.5 cm³/mol. The van der Waals surface area contributed by atoms with Crippen LogP contribution in [0.1, 0.15) is 39.5 Å². The van der Waals surface area contributed by atoms with Crippen LogP contribution in [0.25, 0.3) is 0 Å². The van der Waals surface area contributed by atoms with E-state index in [1.54, 1.807) is 6.92 Å². The molecule has 0 saturated heterocycles. The summed E-state index contributed by atoms with van der Waals surface area (Å²) in [6.07, 6.45) is 3.45. The zero-order valence-electron chi connectivity index (χ0n) is 9.65. The molecule has 0 aromatic heterocycles. The van der Waals surface area contributed by atoms with Gasteiger partial charge in [0.05, 0.1) is 11.9 Å². The van der Waals surface area contributed by atoms with Crippen molar-refractivity contribution < 1.29 is 13.5 Å². The van der Waals surface area contributed by atoms with Crippen molar-refractivity contribution in [2.24, 2.45) is 11.8 Å². The van der Waals surface area contributed by atoms with Gasteiger partial charge in [-0.3, -0.25) is 0 Å². The minimum atomic E-state index is -2.80. The highest BCUT2D eigenvalue weighted by Crippen LogP contribution is 2.34. The first-order valence-corrected chi connectivity index (χ1v) is 7.67. The Morgan fingerprint density at radius 1 is 1.33 bits per heavy atom. The van der Waals surface area contributed by atoms with Crippen molar-refractivity contribution in [1.82, 2.24) is 0 Å². The summed E-state index contributed by atoms with van der Waals surface area (Å²) < 4.78 is 22.5. The van der Waals surface area contributed by atoms with E-state index in [2.05, 4.69) is 6.92 Å². The predicted octanol–water partition coefficient (Wildman–Crippen LogP) is 1.61. The quantitative estimate of drug-likeness (QED) is 0.786. The summed E-state index contributed by atoms with van der Waals surface area (Å²) in [5.41, 5.74) is 0. The van der Waals surface area contributed by atoms with Gasteiger partial charge in [-0.25, -0.2) is 8.42 Å². The molecule has 90 valence electrons. The SMILES string of the molecule is CCS(=O)(=O)CCCC1CCC(O)C1C. The van der Waals surface area contributed by atoms with Gasteiger partial charge in [0.1, 0.15) is 9.84 Å². The molecular formula is C11H22O3S. The minimum Gasteiger partial charge on any atom is -0.393 e. The summed E-state index contributed by atoms with van der Waals surface area (Å²) in [5, 5.41) is 9.56. The number of rotatable bonds is 5. The minimum absolute atomic E-state index is 0.169. The van der Waals surface area contributed by atoms with E-state index in [9.17, 15) is 13.5 Å². The van der Waals surface area contributed by atoms with E-state index in [1.807, 2.05) is 0 Å². The zero-order chi connectivity index (χ0) is 11.5. The van der Waals surface area contributed by atoms with Gasteiger partial charge in [-0.1, -0.05) is 13.8 Å². The first kappa shape index (κ1) is 13.0. The van der Waals surface area contributed by atoms with Crippen molar-refractivity contribution >= 4 is 9.84 Å². The lowest BCUT2D eigenvalue weighted by Gasteiger charge is -2.16. The molecule has 3 unspecified atom stereocenters. The lowest BCUT2D eigenvalue weighted by Crippen LogP contribution is -2.16. The fourth-order valence-electron chi connectivity index (χ4n) is 2.34. The summed E-state index contributed by atoms with van der Waals surface area (Å²) in [7, 11) is -2.80. The Kier molecular flexibility index (Phi) is 4.59. The third-order valence-corrected chi connectivity index (χ3v) is 5.44. The normalized spacial score (nSPS) is 32.1. The number of hydrogen-bond acceptors (Lipinski definition) is 3. The van der Waals surface area contributed by atoms with Crippen LogP contribution in [0.4, 0.5) is 0 Å². The lowest BCUT2D eigenvalue weighted by atomic mass is 9.93. The van der Waals surface area contributed by atoms with Crippen LogP contribution in [0.5, 0.6) is 0 Å². The molecule has 3 nitrogen and oxygen atoms in total. The summed E-state index contributed by atoms with van der Waals surface area (Å²) in [6, 6.07) is 0. The molecule has 0 spiro atoms. The third kappa shape index (κ3) is 3.76. The smallest absolute Gasteiger partial charge is 0.150 e. The maximum absolute atomic E-state index is 11.3. The molecule has 0 amide bonds. The van der Waals surface area contributed by atoms with Gasteiger partial charge >= 0.3 is 0 Å². The summed E-state index contributed by atoms with van der Waals surface area (Å²) in [5.74, 6) is 1.42. The van der Waals surface area contributed by atoms with E-state index < -0.39 is 9.84 Å². The molecule has 15 heavy (non-hydrogen) atoms.